The minimum Gasteiger partial charge on any atom is -0.481 e. The zero-order valence-corrected chi connectivity index (χ0v) is 12.1. The first kappa shape index (κ1) is 13.0. The Labute approximate surface area is 127 Å². The molecule has 0 fully saturated rings. The molecule has 0 saturated heterocycles. The highest BCUT2D eigenvalue weighted by Crippen LogP contribution is 2.29. The van der Waals surface area contributed by atoms with Crippen molar-refractivity contribution in [2.24, 2.45) is 0 Å². The summed E-state index contributed by atoms with van der Waals surface area (Å²) in [5.41, 5.74) is 0.813. The van der Waals surface area contributed by atoms with Gasteiger partial charge in [-0.05, 0) is 12.5 Å². The summed E-state index contributed by atoms with van der Waals surface area (Å²) in [7, 11) is 1.58. The van der Waals surface area contributed by atoms with E-state index in [4.69, 9.17) is 9.26 Å². The maximum absolute atomic E-state index is 5.45. The molecular formula is C15H15N5O2. The van der Waals surface area contributed by atoms with E-state index in [9.17, 15) is 0 Å². The number of pyridine rings is 1. The molecule has 3 aromatic heterocycles. The van der Waals surface area contributed by atoms with Crippen molar-refractivity contribution in [2.45, 2.75) is 25.3 Å². The summed E-state index contributed by atoms with van der Waals surface area (Å²) in [5.74, 6) is 3.08. The first-order valence-corrected chi connectivity index (χ1v) is 7.17. The van der Waals surface area contributed by atoms with E-state index < -0.39 is 0 Å². The van der Waals surface area contributed by atoms with E-state index in [0.717, 1.165) is 30.8 Å². The van der Waals surface area contributed by atoms with Gasteiger partial charge in [0.2, 0.25) is 17.6 Å². The van der Waals surface area contributed by atoms with Crippen molar-refractivity contribution in [1.82, 2.24) is 24.7 Å². The smallest absolute Gasteiger partial charge is 0.230 e. The van der Waals surface area contributed by atoms with Crippen molar-refractivity contribution in [3.63, 3.8) is 0 Å². The minimum atomic E-state index is 0.224. The van der Waals surface area contributed by atoms with Crippen LogP contribution < -0.4 is 4.74 Å². The zero-order valence-electron chi connectivity index (χ0n) is 12.1. The highest BCUT2D eigenvalue weighted by atomic mass is 16.5. The Morgan fingerprint density at radius 1 is 1.32 bits per heavy atom. The van der Waals surface area contributed by atoms with Gasteiger partial charge in [-0.15, -0.1) is 0 Å². The van der Waals surface area contributed by atoms with E-state index in [1.54, 1.807) is 19.4 Å². The summed E-state index contributed by atoms with van der Waals surface area (Å²) < 4.78 is 12.7. The molecule has 7 heteroatoms. The summed E-state index contributed by atoms with van der Waals surface area (Å²) in [5, 5.41) is 4.07. The second-order valence-corrected chi connectivity index (χ2v) is 5.27. The SMILES string of the molecule is COc1ccc(-c2noc([C@H]3CCn4ccnc4C3)n2)cn1. The molecule has 0 bridgehead atoms. The first-order chi connectivity index (χ1) is 10.8. The summed E-state index contributed by atoms with van der Waals surface area (Å²) >= 11 is 0. The molecule has 7 nitrogen and oxygen atoms in total. The van der Waals surface area contributed by atoms with E-state index in [1.807, 2.05) is 18.5 Å². The van der Waals surface area contributed by atoms with Gasteiger partial charge in [0.05, 0.1) is 7.11 Å². The topological polar surface area (TPSA) is 78.9 Å². The highest BCUT2D eigenvalue weighted by molar-refractivity contribution is 5.53. The molecule has 3 aromatic rings. The van der Waals surface area contributed by atoms with Crippen LogP contribution in [0.5, 0.6) is 5.88 Å². The lowest BCUT2D eigenvalue weighted by molar-refractivity contribution is 0.323. The predicted molar refractivity (Wildman–Crippen MR) is 77.4 cm³/mol. The lowest BCUT2D eigenvalue weighted by atomic mass is 9.98. The molecule has 112 valence electrons. The second-order valence-electron chi connectivity index (χ2n) is 5.27. The third-order valence-corrected chi connectivity index (χ3v) is 3.94. The molecule has 4 heterocycles. The van der Waals surface area contributed by atoms with Crippen LogP contribution in [0.15, 0.2) is 35.2 Å². The van der Waals surface area contributed by atoms with Crippen LogP contribution in [0, 0.1) is 0 Å². The van der Waals surface area contributed by atoms with Crippen LogP contribution in [-0.2, 0) is 13.0 Å². The lowest BCUT2D eigenvalue weighted by Gasteiger charge is -2.19. The monoisotopic (exact) mass is 297 g/mol. The van der Waals surface area contributed by atoms with Gasteiger partial charge in [-0.25, -0.2) is 9.97 Å². The number of fused-ring (bicyclic) bond motifs is 1. The molecule has 0 radical (unpaired) electrons. The van der Waals surface area contributed by atoms with Crippen molar-refractivity contribution in [2.75, 3.05) is 7.11 Å². The Morgan fingerprint density at radius 3 is 3.09 bits per heavy atom. The van der Waals surface area contributed by atoms with Gasteiger partial charge in [0.25, 0.3) is 0 Å². The van der Waals surface area contributed by atoms with Crippen LogP contribution in [0.1, 0.15) is 24.1 Å². The molecule has 1 aliphatic rings. The molecule has 0 saturated carbocycles. The van der Waals surface area contributed by atoms with Gasteiger partial charge in [-0.2, -0.15) is 4.98 Å². The standard InChI is InChI=1S/C15H15N5O2/c1-21-13-3-2-11(9-17-13)14-18-15(22-19-14)10-4-6-20-7-5-16-12(20)8-10/h2-3,5,7,9-10H,4,6,8H2,1H3/t10-/m0/s1. The Hall–Kier alpha value is -2.70. The van der Waals surface area contributed by atoms with Crippen molar-refractivity contribution in [1.29, 1.82) is 0 Å². The lowest BCUT2D eigenvalue weighted by Crippen LogP contribution is -2.18. The van der Waals surface area contributed by atoms with Gasteiger partial charge in [0.15, 0.2) is 0 Å². The molecule has 0 unspecified atom stereocenters. The van der Waals surface area contributed by atoms with Crippen LogP contribution in [0.3, 0.4) is 0 Å². The summed E-state index contributed by atoms with van der Waals surface area (Å²) in [6.45, 7) is 0.932. The van der Waals surface area contributed by atoms with Crippen molar-refractivity contribution < 1.29 is 9.26 Å². The number of aromatic nitrogens is 5. The van der Waals surface area contributed by atoms with Gasteiger partial charge >= 0.3 is 0 Å². The van der Waals surface area contributed by atoms with Gasteiger partial charge in [0.1, 0.15) is 5.82 Å². The zero-order chi connectivity index (χ0) is 14.9. The number of aryl methyl sites for hydroxylation is 1. The predicted octanol–water partition coefficient (Wildman–Crippen LogP) is 2.07. The molecule has 0 spiro atoms. The largest absolute Gasteiger partial charge is 0.481 e. The fourth-order valence-corrected chi connectivity index (χ4v) is 2.71. The highest BCUT2D eigenvalue weighted by Gasteiger charge is 2.25. The van der Waals surface area contributed by atoms with Gasteiger partial charge in [-0.3, -0.25) is 0 Å². The average Bonchev–Trinajstić information content (AvgIpc) is 3.23. The number of nitrogens with zero attached hydrogens (tertiary/aromatic N) is 5. The third-order valence-electron chi connectivity index (χ3n) is 3.94. The molecule has 1 aliphatic heterocycles. The van der Waals surface area contributed by atoms with E-state index in [2.05, 4.69) is 24.7 Å². The molecular weight excluding hydrogens is 282 g/mol. The number of rotatable bonds is 3. The third kappa shape index (κ3) is 2.24. The van der Waals surface area contributed by atoms with Crippen LogP contribution in [0.4, 0.5) is 0 Å². The molecule has 0 N–H and O–H groups in total. The molecule has 1 atom stereocenters. The maximum atomic E-state index is 5.45. The summed E-state index contributed by atoms with van der Waals surface area (Å²) in [6, 6.07) is 3.65. The van der Waals surface area contributed by atoms with Crippen molar-refractivity contribution >= 4 is 0 Å². The molecule has 0 amide bonds. The van der Waals surface area contributed by atoms with Gasteiger partial charge < -0.3 is 13.8 Å². The van der Waals surface area contributed by atoms with Gasteiger partial charge in [0, 0.05) is 49.1 Å². The minimum absolute atomic E-state index is 0.224. The van der Waals surface area contributed by atoms with Crippen molar-refractivity contribution in [3.05, 3.63) is 42.4 Å². The quantitative estimate of drug-likeness (QED) is 0.736. The van der Waals surface area contributed by atoms with Crippen LogP contribution >= 0.6 is 0 Å². The van der Waals surface area contributed by atoms with Crippen LogP contribution in [0.2, 0.25) is 0 Å². The first-order valence-electron chi connectivity index (χ1n) is 7.17. The Balaban J connectivity index is 1.56. The number of ether oxygens (including phenoxy) is 1. The normalized spacial score (nSPS) is 17.2. The fourth-order valence-electron chi connectivity index (χ4n) is 2.71. The van der Waals surface area contributed by atoms with Crippen LogP contribution in [-0.4, -0.2) is 31.8 Å². The molecule has 0 aromatic carbocycles. The number of imidazole rings is 1. The Bertz CT molecular complexity index is 777. The summed E-state index contributed by atoms with van der Waals surface area (Å²) in [6.07, 6.45) is 7.33. The second kappa shape index (κ2) is 5.25. The number of hydrogen-bond donors (Lipinski definition) is 0. The molecule has 4 rings (SSSR count). The van der Waals surface area contributed by atoms with Crippen LogP contribution in [0.25, 0.3) is 11.4 Å². The fraction of sp³-hybridized carbons (Fsp3) is 0.333. The van der Waals surface area contributed by atoms with Crippen molar-refractivity contribution in [3.8, 4) is 17.3 Å². The van der Waals surface area contributed by atoms with Gasteiger partial charge in [-0.1, -0.05) is 5.16 Å². The van der Waals surface area contributed by atoms with E-state index in [0.29, 0.717) is 17.6 Å². The van der Waals surface area contributed by atoms with E-state index >= 15 is 0 Å². The Kier molecular flexibility index (Phi) is 3.10. The van der Waals surface area contributed by atoms with E-state index in [1.165, 1.54) is 0 Å². The molecule has 22 heavy (non-hydrogen) atoms. The number of methoxy groups -OCH3 is 1. The number of hydrogen-bond acceptors (Lipinski definition) is 6. The summed E-state index contributed by atoms with van der Waals surface area (Å²) in [4.78, 5) is 13.0. The maximum Gasteiger partial charge on any atom is 0.230 e. The average molecular weight is 297 g/mol. The van der Waals surface area contributed by atoms with E-state index in [-0.39, 0.29) is 5.92 Å². The Morgan fingerprint density at radius 2 is 2.27 bits per heavy atom. The molecule has 0 aliphatic carbocycles.